The van der Waals surface area contributed by atoms with E-state index in [4.69, 9.17) is 0 Å². The summed E-state index contributed by atoms with van der Waals surface area (Å²) < 4.78 is 65.7. The number of rotatable bonds is 4. The number of alkyl halides is 3. The number of hydrogen-bond acceptors (Lipinski definition) is 5. The highest BCUT2D eigenvalue weighted by atomic mass is 32.2. The van der Waals surface area contributed by atoms with Crippen molar-refractivity contribution in [2.24, 2.45) is 5.41 Å². The lowest BCUT2D eigenvalue weighted by Gasteiger charge is -2.59. The van der Waals surface area contributed by atoms with Crippen LogP contribution in [-0.4, -0.2) is 71.7 Å². The van der Waals surface area contributed by atoms with Gasteiger partial charge in [-0.3, -0.25) is 5.10 Å². The van der Waals surface area contributed by atoms with Crippen molar-refractivity contribution < 1.29 is 26.4 Å². The number of likely N-dealkylation sites (tertiary alicyclic amines) is 2. The van der Waals surface area contributed by atoms with Crippen molar-refractivity contribution in [3.05, 3.63) is 42.0 Å². The molecule has 3 aliphatic rings. The standard InChI is InChI=1S/C20H23F3N6O3S/c21-20(22,23)14-1-3-16(4-2-14)33(31,32)27-15-7-19(8-15)10-29(11-19)18(30)28-6-5-13(9-28)17-24-12-25-26-17/h1-4,12-13,15,27H,5-11H2,(H,24,25,26)/t13-/m0/s1. The van der Waals surface area contributed by atoms with Crippen molar-refractivity contribution in [1.82, 2.24) is 29.7 Å². The summed E-state index contributed by atoms with van der Waals surface area (Å²) in [4.78, 5) is 20.3. The summed E-state index contributed by atoms with van der Waals surface area (Å²) in [5.74, 6) is 0.937. The highest BCUT2D eigenvalue weighted by molar-refractivity contribution is 7.89. The van der Waals surface area contributed by atoms with Crippen molar-refractivity contribution in [2.45, 2.75) is 42.3 Å². The van der Waals surface area contributed by atoms with Crippen LogP contribution in [0.25, 0.3) is 0 Å². The van der Waals surface area contributed by atoms with Crippen LogP contribution in [0.1, 0.15) is 36.6 Å². The molecule has 2 amide bonds. The van der Waals surface area contributed by atoms with E-state index in [1.807, 2.05) is 4.90 Å². The Morgan fingerprint density at radius 3 is 2.45 bits per heavy atom. The van der Waals surface area contributed by atoms with Crippen LogP contribution in [0.5, 0.6) is 0 Å². The highest BCUT2D eigenvalue weighted by Crippen LogP contribution is 2.49. The summed E-state index contributed by atoms with van der Waals surface area (Å²) in [5.41, 5.74) is -0.985. The molecule has 33 heavy (non-hydrogen) atoms. The lowest BCUT2D eigenvalue weighted by Crippen LogP contribution is -2.68. The van der Waals surface area contributed by atoms with Crippen LogP contribution in [0.2, 0.25) is 0 Å². The molecule has 1 saturated carbocycles. The van der Waals surface area contributed by atoms with Gasteiger partial charge in [-0.05, 0) is 43.5 Å². The Morgan fingerprint density at radius 2 is 1.85 bits per heavy atom. The molecule has 1 atom stereocenters. The summed E-state index contributed by atoms with van der Waals surface area (Å²) in [6.45, 7) is 2.40. The summed E-state index contributed by atoms with van der Waals surface area (Å²) >= 11 is 0. The molecule has 0 unspecified atom stereocenters. The Bertz CT molecular complexity index is 1120. The molecule has 0 bridgehead atoms. The van der Waals surface area contributed by atoms with E-state index in [9.17, 15) is 26.4 Å². The second-order valence-corrected chi connectivity index (χ2v) is 10.9. The van der Waals surface area contributed by atoms with E-state index in [-0.39, 0.29) is 28.3 Å². The molecule has 9 nitrogen and oxygen atoms in total. The lowest BCUT2D eigenvalue weighted by atomic mass is 9.61. The number of aromatic amines is 1. The monoisotopic (exact) mass is 484 g/mol. The smallest absolute Gasteiger partial charge is 0.324 e. The van der Waals surface area contributed by atoms with Gasteiger partial charge in [0, 0.05) is 43.6 Å². The van der Waals surface area contributed by atoms with Crippen LogP contribution in [0.15, 0.2) is 35.5 Å². The highest BCUT2D eigenvalue weighted by Gasteiger charge is 2.55. The zero-order valence-corrected chi connectivity index (χ0v) is 18.4. The van der Waals surface area contributed by atoms with E-state index < -0.39 is 21.8 Å². The normalized spacial score (nSPS) is 22.9. The largest absolute Gasteiger partial charge is 0.416 e. The van der Waals surface area contributed by atoms with Gasteiger partial charge in [0.2, 0.25) is 10.0 Å². The first-order valence-electron chi connectivity index (χ1n) is 10.6. The predicted molar refractivity (Wildman–Crippen MR) is 110 cm³/mol. The van der Waals surface area contributed by atoms with E-state index in [1.54, 1.807) is 4.90 Å². The van der Waals surface area contributed by atoms with Gasteiger partial charge in [0.05, 0.1) is 10.5 Å². The molecular formula is C20H23F3N6O3S. The van der Waals surface area contributed by atoms with Crippen molar-refractivity contribution in [1.29, 1.82) is 0 Å². The fourth-order valence-corrected chi connectivity index (χ4v) is 6.34. The number of hydrogen-bond donors (Lipinski definition) is 2. The van der Waals surface area contributed by atoms with Gasteiger partial charge in [-0.15, -0.1) is 0 Å². The maximum absolute atomic E-state index is 12.8. The molecule has 1 aromatic carbocycles. The Morgan fingerprint density at radius 1 is 1.15 bits per heavy atom. The SMILES string of the molecule is O=C(N1CC[C@H](c2ncn[nH]2)C1)N1CC2(CC(NS(=O)(=O)c3ccc(C(F)(F)F)cc3)C2)C1. The number of halogens is 3. The molecule has 2 N–H and O–H groups in total. The van der Waals surface area contributed by atoms with E-state index in [0.717, 1.165) is 36.5 Å². The average molecular weight is 485 g/mol. The molecule has 2 aromatic rings. The number of H-pyrrole nitrogens is 1. The predicted octanol–water partition coefficient (Wildman–Crippen LogP) is 2.18. The molecule has 3 fully saturated rings. The summed E-state index contributed by atoms with van der Waals surface area (Å²) in [6.07, 6.45) is -1.05. The van der Waals surface area contributed by atoms with Gasteiger partial charge in [0.1, 0.15) is 12.2 Å². The number of carbonyl (C=O) groups excluding carboxylic acids is 1. The third-order valence-electron chi connectivity index (χ3n) is 6.77. The van der Waals surface area contributed by atoms with Crippen LogP contribution >= 0.6 is 0 Å². The van der Waals surface area contributed by atoms with Crippen molar-refractivity contribution in [2.75, 3.05) is 26.2 Å². The molecule has 1 spiro atoms. The number of nitrogens with one attached hydrogen (secondary N) is 2. The van der Waals surface area contributed by atoms with E-state index >= 15 is 0 Å². The molecule has 2 aliphatic heterocycles. The number of nitrogens with zero attached hydrogens (tertiary/aromatic N) is 4. The van der Waals surface area contributed by atoms with Gasteiger partial charge in [0.25, 0.3) is 0 Å². The fourth-order valence-electron chi connectivity index (χ4n) is 5.11. The second kappa shape index (κ2) is 7.69. The Balaban J connectivity index is 1.10. The molecule has 5 rings (SSSR count). The Labute approximate surface area is 188 Å². The first-order chi connectivity index (χ1) is 15.5. The number of benzene rings is 1. The van der Waals surface area contributed by atoms with Gasteiger partial charge < -0.3 is 9.80 Å². The van der Waals surface area contributed by atoms with Gasteiger partial charge in [0.15, 0.2) is 0 Å². The maximum Gasteiger partial charge on any atom is 0.416 e. The molecule has 13 heteroatoms. The minimum Gasteiger partial charge on any atom is -0.324 e. The first kappa shape index (κ1) is 22.1. The van der Waals surface area contributed by atoms with E-state index in [0.29, 0.717) is 39.0 Å². The van der Waals surface area contributed by atoms with Crippen LogP contribution < -0.4 is 4.72 Å². The number of sulfonamides is 1. The first-order valence-corrected chi connectivity index (χ1v) is 12.1. The van der Waals surface area contributed by atoms with Crippen molar-refractivity contribution in [3.63, 3.8) is 0 Å². The zero-order valence-electron chi connectivity index (χ0n) is 17.5. The topological polar surface area (TPSA) is 111 Å². The van der Waals surface area contributed by atoms with E-state index in [2.05, 4.69) is 19.9 Å². The number of urea groups is 1. The molecule has 2 saturated heterocycles. The number of carbonyl (C=O) groups is 1. The summed E-state index contributed by atoms with van der Waals surface area (Å²) in [7, 11) is -3.91. The van der Waals surface area contributed by atoms with Gasteiger partial charge in [-0.2, -0.15) is 18.3 Å². The van der Waals surface area contributed by atoms with E-state index in [1.165, 1.54) is 6.33 Å². The quantitative estimate of drug-likeness (QED) is 0.691. The van der Waals surface area contributed by atoms with Gasteiger partial charge in [-0.1, -0.05) is 0 Å². The van der Waals surface area contributed by atoms with Crippen LogP contribution in [0.3, 0.4) is 0 Å². The third-order valence-corrected chi connectivity index (χ3v) is 8.31. The molecule has 1 aliphatic carbocycles. The second-order valence-electron chi connectivity index (χ2n) is 9.19. The molecular weight excluding hydrogens is 461 g/mol. The minimum atomic E-state index is -4.52. The molecule has 178 valence electrons. The summed E-state index contributed by atoms with van der Waals surface area (Å²) in [5, 5.41) is 6.71. The molecule has 1 aromatic heterocycles. The van der Waals surface area contributed by atoms with Gasteiger partial charge in [-0.25, -0.2) is 22.9 Å². The van der Waals surface area contributed by atoms with Crippen LogP contribution in [-0.2, 0) is 16.2 Å². The average Bonchev–Trinajstić information content (AvgIpc) is 3.39. The van der Waals surface area contributed by atoms with Crippen LogP contribution in [0, 0.1) is 5.41 Å². The summed E-state index contributed by atoms with van der Waals surface area (Å²) in [6, 6.07) is 3.14. The third kappa shape index (κ3) is 4.19. The fraction of sp³-hybridized carbons (Fsp3) is 0.550. The maximum atomic E-state index is 12.8. The lowest BCUT2D eigenvalue weighted by molar-refractivity contribution is -0.137. The minimum absolute atomic E-state index is 0.0172. The van der Waals surface area contributed by atoms with Gasteiger partial charge >= 0.3 is 12.2 Å². The number of aromatic nitrogens is 3. The molecule has 0 radical (unpaired) electrons. The Hall–Kier alpha value is -2.67. The van der Waals surface area contributed by atoms with Crippen LogP contribution in [0.4, 0.5) is 18.0 Å². The number of amides is 2. The van der Waals surface area contributed by atoms with Crippen molar-refractivity contribution in [3.8, 4) is 0 Å². The zero-order chi connectivity index (χ0) is 23.4. The molecule has 3 heterocycles. The van der Waals surface area contributed by atoms with Crippen molar-refractivity contribution >= 4 is 16.1 Å². The Kier molecular flexibility index (Phi) is 5.16.